The van der Waals surface area contributed by atoms with Gasteiger partial charge in [-0.25, -0.2) is 9.78 Å². The van der Waals surface area contributed by atoms with Gasteiger partial charge in [-0.3, -0.25) is 4.90 Å². The maximum atomic E-state index is 12.5. The number of aromatic nitrogens is 1. The lowest BCUT2D eigenvalue weighted by Gasteiger charge is -2.50. The molecule has 2 aliphatic heterocycles. The molecule has 0 unspecified atom stereocenters. The maximum absolute atomic E-state index is 12.5. The predicted molar refractivity (Wildman–Crippen MR) is 111 cm³/mol. The van der Waals surface area contributed by atoms with Gasteiger partial charge in [0.2, 0.25) is 5.88 Å². The first kappa shape index (κ1) is 20.9. The van der Waals surface area contributed by atoms with E-state index < -0.39 is 0 Å². The summed E-state index contributed by atoms with van der Waals surface area (Å²) in [6, 6.07) is 3.67. The van der Waals surface area contributed by atoms with Gasteiger partial charge in [-0.05, 0) is 71.9 Å². The van der Waals surface area contributed by atoms with Gasteiger partial charge in [0.1, 0.15) is 0 Å². The summed E-state index contributed by atoms with van der Waals surface area (Å²) in [5, 5.41) is 6.12. The number of pyridine rings is 1. The Labute approximate surface area is 168 Å². The molecule has 0 atom stereocenters. The number of rotatable bonds is 7. The number of carbonyl (C=O) groups is 1. The third kappa shape index (κ3) is 5.35. The molecule has 2 amide bonds. The second kappa shape index (κ2) is 10.1. The molecule has 1 aromatic heterocycles. The molecule has 2 saturated heterocycles. The summed E-state index contributed by atoms with van der Waals surface area (Å²) in [4.78, 5) is 21.8. The minimum absolute atomic E-state index is 0.0923. The molecule has 2 N–H and O–H groups in total. The number of hydrogen-bond donors (Lipinski definition) is 2. The van der Waals surface area contributed by atoms with Crippen LogP contribution in [0.25, 0.3) is 0 Å². The maximum Gasteiger partial charge on any atom is 0.315 e. The van der Waals surface area contributed by atoms with Crippen molar-refractivity contribution in [3.05, 3.63) is 23.9 Å². The first-order valence-electron chi connectivity index (χ1n) is 10.6. The van der Waals surface area contributed by atoms with Crippen molar-refractivity contribution in [1.29, 1.82) is 0 Å². The van der Waals surface area contributed by atoms with Crippen LogP contribution >= 0.6 is 0 Å². The number of likely N-dealkylation sites (tertiary alicyclic amines) is 2. The normalized spacial score (nSPS) is 20.5. The van der Waals surface area contributed by atoms with Gasteiger partial charge in [-0.1, -0.05) is 12.5 Å². The quantitative estimate of drug-likeness (QED) is 0.748. The van der Waals surface area contributed by atoms with E-state index in [2.05, 4.69) is 32.5 Å². The van der Waals surface area contributed by atoms with Crippen molar-refractivity contribution < 1.29 is 9.53 Å². The number of amides is 2. The van der Waals surface area contributed by atoms with E-state index in [0.717, 1.165) is 44.6 Å². The van der Waals surface area contributed by atoms with Gasteiger partial charge in [-0.15, -0.1) is 0 Å². The second-order valence-corrected chi connectivity index (χ2v) is 8.01. The Hall–Kier alpha value is -1.86. The number of hydrogen-bond acceptors (Lipinski definition) is 5. The zero-order chi connectivity index (χ0) is 19.8. The van der Waals surface area contributed by atoms with Crippen LogP contribution in [0.5, 0.6) is 5.88 Å². The monoisotopic (exact) mass is 389 g/mol. The van der Waals surface area contributed by atoms with E-state index in [4.69, 9.17) is 4.74 Å². The molecule has 0 aromatic carbocycles. The third-order valence-electron chi connectivity index (χ3n) is 6.09. The highest BCUT2D eigenvalue weighted by Crippen LogP contribution is 2.30. The summed E-state index contributed by atoms with van der Waals surface area (Å²) in [5.74, 6) is 0.588. The Morgan fingerprint density at radius 2 is 1.93 bits per heavy atom. The van der Waals surface area contributed by atoms with Crippen molar-refractivity contribution in [1.82, 2.24) is 25.4 Å². The van der Waals surface area contributed by atoms with E-state index >= 15 is 0 Å². The fourth-order valence-corrected chi connectivity index (χ4v) is 4.32. The Morgan fingerprint density at radius 3 is 2.64 bits per heavy atom. The number of nitrogens with zero attached hydrogens (tertiary/aromatic N) is 3. The highest BCUT2D eigenvalue weighted by atomic mass is 16.5. The van der Waals surface area contributed by atoms with E-state index in [1.165, 1.54) is 19.3 Å². The van der Waals surface area contributed by atoms with Crippen LogP contribution in [-0.4, -0.2) is 72.7 Å². The number of urea groups is 1. The van der Waals surface area contributed by atoms with Crippen LogP contribution in [0.2, 0.25) is 0 Å². The standard InChI is InChI=1S/C21H35N5O2/c1-3-28-19-18(8-7-11-22-19)16-23-20(27)24-17-21(9-14-25(2)15-10-21)26-12-5-4-6-13-26/h7-8,11H,3-6,9-10,12-17H2,1-2H3,(H2,23,24,27). The smallest absolute Gasteiger partial charge is 0.315 e. The van der Waals surface area contributed by atoms with Gasteiger partial charge in [-0.2, -0.15) is 0 Å². The van der Waals surface area contributed by atoms with Crippen molar-refractivity contribution in [2.45, 2.75) is 51.1 Å². The summed E-state index contributed by atoms with van der Waals surface area (Å²) in [6.45, 7) is 8.09. The summed E-state index contributed by atoms with van der Waals surface area (Å²) >= 11 is 0. The minimum atomic E-state index is -0.124. The van der Waals surface area contributed by atoms with E-state index in [1.54, 1.807) is 6.20 Å². The molecule has 2 fully saturated rings. The van der Waals surface area contributed by atoms with Crippen LogP contribution in [0, 0.1) is 0 Å². The molecule has 1 aromatic rings. The van der Waals surface area contributed by atoms with Gasteiger partial charge >= 0.3 is 6.03 Å². The average Bonchev–Trinajstić information content (AvgIpc) is 2.74. The van der Waals surface area contributed by atoms with Crippen LogP contribution in [0.15, 0.2) is 18.3 Å². The zero-order valence-corrected chi connectivity index (χ0v) is 17.4. The lowest BCUT2D eigenvalue weighted by molar-refractivity contribution is 0.0162. The SMILES string of the molecule is CCOc1ncccc1CNC(=O)NCC1(N2CCCCC2)CCN(C)CC1. The van der Waals surface area contributed by atoms with Gasteiger partial charge in [0.25, 0.3) is 0 Å². The molecule has 3 rings (SSSR count). The number of carbonyl (C=O) groups excluding carboxylic acids is 1. The van der Waals surface area contributed by atoms with Crippen molar-refractivity contribution in [3.8, 4) is 5.88 Å². The first-order valence-corrected chi connectivity index (χ1v) is 10.6. The van der Waals surface area contributed by atoms with Crippen molar-refractivity contribution in [2.24, 2.45) is 0 Å². The molecule has 0 spiro atoms. The zero-order valence-electron chi connectivity index (χ0n) is 17.4. The van der Waals surface area contributed by atoms with Crippen LogP contribution in [0.3, 0.4) is 0 Å². The topological polar surface area (TPSA) is 69.7 Å². The summed E-state index contributed by atoms with van der Waals surface area (Å²) in [6.07, 6.45) is 7.79. The van der Waals surface area contributed by atoms with Gasteiger partial charge in [0.15, 0.2) is 0 Å². The number of ether oxygens (including phenoxy) is 1. The summed E-state index contributed by atoms with van der Waals surface area (Å²) in [5.41, 5.74) is 0.985. The lowest BCUT2D eigenvalue weighted by Crippen LogP contribution is -2.61. The Balaban J connectivity index is 1.55. The molecule has 28 heavy (non-hydrogen) atoms. The van der Waals surface area contributed by atoms with Crippen LogP contribution in [-0.2, 0) is 6.54 Å². The molecule has 0 aliphatic carbocycles. The largest absolute Gasteiger partial charge is 0.478 e. The van der Waals surface area contributed by atoms with E-state index in [1.807, 2.05) is 19.1 Å². The van der Waals surface area contributed by atoms with Crippen LogP contribution in [0.4, 0.5) is 4.79 Å². The summed E-state index contributed by atoms with van der Waals surface area (Å²) in [7, 11) is 2.18. The van der Waals surface area contributed by atoms with Gasteiger partial charge in [0.05, 0.1) is 6.61 Å². The van der Waals surface area contributed by atoms with Gasteiger partial charge in [0, 0.05) is 30.4 Å². The predicted octanol–water partition coefficient (Wildman–Crippen LogP) is 2.23. The molecule has 3 heterocycles. The fraction of sp³-hybridized carbons (Fsp3) is 0.714. The van der Waals surface area contributed by atoms with E-state index in [0.29, 0.717) is 25.6 Å². The molecule has 2 aliphatic rings. The molecule has 7 heteroatoms. The first-order chi connectivity index (χ1) is 13.6. The van der Waals surface area contributed by atoms with Crippen LogP contribution in [0.1, 0.15) is 44.6 Å². The second-order valence-electron chi connectivity index (χ2n) is 8.01. The minimum Gasteiger partial charge on any atom is -0.478 e. The molecule has 156 valence electrons. The van der Waals surface area contributed by atoms with E-state index in [-0.39, 0.29) is 11.6 Å². The van der Waals surface area contributed by atoms with Crippen LogP contribution < -0.4 is 15.4 Å². The Kier molecular flexibility index (Phi) is 7.50. The number of piperidine rings is 2. The van der Waals surface area contributed by atoms with Crippen molar-refractivity contribution in [3.63, 3.8) is 0 Å². The fourth-order valence-electron chi connectivity index (χ4n) is 4.32. The molecule has 7 nitrogen and oxygen atoms in total. The average molecular weight is 390 g/mol. The highest BCUT2D eigenvalue weighted by Gasteiger charge is 2.39. The number of nitrogens with one attached hydrogen (secondary N) is 2. The highest BCUT2D eigenvalue weighted by molar-refractivity contribution is 5.74. The van der Waals surface area contributed by atoms with Crippen molar-refractivity contribution >= 4 is 6.03 Å². The lowest BCUT2D eigenvalue weighted by atomic mass is 9.84. The molecular formula is C21H35N5O2. The molecule has 0 radical (unpaired) electrons. The van der Waals surface area contributed by atoms with Gasteiger partial charge < -0.3 is 20.3 Å². The molecular weight excluding hydrogens is 354 g/mol. The Morgan fingerprint density at radius 1 is 1.18 bits per heavy atom. The van der Waals surface area contributed by atoms with E-state index in [9.17, 15) is 4.79 Å². The van der Waals surface area contributed by atoms with Crippen molar-refractivity contribution in [2.75, 3.05) is 46.4 Å². The molecule has 0 saturated carbocycles. The molecule has 0 bridgehead atoms. The summed E-state index contributed by atoms with van der Waals surface area (Å²) < 4.78 is 5.54. The third-order valence-corrected chi connectivity index (χ3v) is 6.09. The Bertz CT molecular complexity index is 625.